The van der Waals surface area contributed by atoms with Crippen LogP contribution in [0.4, 0.5) is 0 Å². The van der Waals surface area contributed by atoms with Crippen molar-refractivity contribution in [3.05, 3.63) is 23.2 Å². The van der Waals surface area contributed by atoms with Crippen molar-refractivity contribution in [2.24, 2.45) is 5.92 Å². The van der Waals surface area contributed by atoms with Gasteiger partial charge in [-0.15, -0.1) is 0 Å². The predicted molar refractivity (Wildman–Crippen MR) is 72.8 cm³/mol. The molecule has 2 bridgehead atoms. The highest BCUT2D eigenvalue weighted by Gasteiger charge is 2.42. The Balaban J connectivity index is 1.65. The Labute approximate surface area is 113 Å². The van der Waals surface area contributed by atoms with E-state index in [1.165, 1.54) is 6.42 Å². The summed E-state index contributed by atoms with van der Waals surface area (Å²) in [6, 6.07) is 2.99. The van der Waals surface area contributed by atoms with Gasteiger partial charge >= 0.3 is 0 Å². The Morgan fingerprint density at radius 2 is 2.26 bits per heavy atom. The van der Waals surface area contributed by atoms with Crippen molar-refractivity contribution in [3.8, 4) is 0 Å². The number of nitrogens with one attached hydrogen (secondary N) is 2. The normalized spacial score (nSPS) is 30.6. The Kier molecular flexibility index (Phi) is 3.13. The third kappa shape index (κ3) is 2.29. The summed E-state index contributed by atoms with van der Waals surface area (Å²) < 4.78 is 5.53. The van der Waals surface area contributed by atoms with Crippen LogP contribution in [0.2, 0.25) is 0 Å². The number of furan rings is 1. The highest BCUT2D eigenvalue weighted by molar-refractivity contribution is 5.80. The topological polar surface area (TPSA) is 54.3 Å². The minimum Gasteiger partial charge on any atom is -0.466 e. The molecule has 0 aromatic carbocycles. The minimum atomic E-state index is 0.0177. The van der Waals surface area contributed by atoms with E-state index in [4.69, 9.17) is 4.42 Å². The van der Waals surface area contributed by atoms with Gasteiger partial charge in [0.05, 0.1) is 12.0 Å². The number of carbonyl (C=O) groups is 1. The van der Waals surface area contributed by atoms with Crippen LogP contribution in [0.5, 0.6) is 0 Å². The fourth-order valence-electron chi connectivity index (χ4n) is 3.59. The number of hydrogen-bond donors (Lipinski definition) is 2. The lowest BCUT2D eigenvalue weighted by Gasteiger charge is -2.22. The second kappa shape index (κ2) is 4.67. The van der Waals surface area contributed by atoms with Crippen LogP contribution in [0.3, 0.4) is 0 Å². The summed E-state index contributed by atoms with van der Waals surface area (Å²) in [5.41, 5.74) is 1.09. The van der Waals surface area contributed by atoms with Crippen LogP contribution < -0.4 is 10.6 Å². The van der Waals surface area contributed by atoms with E-state index in [-0.39, 0.29) is 17.9 Å². The van der Waals surface area contributed by atoms with Crippen molar-refractivity contribution < 1.29 is 9.21 Å². The van der Waals surface area contributed by atoms with Crippen LogP contribution in [-0.2, 0) is 4.79 Å². The maximum atomic E-state index is 12.4. The second-order valence-electron chi connectivity index (χ2n) is 5.99. The average molecular weight is 262 g/mol. The van der Waals surface area contributed by atoms with E-state index in [1.807, 2.05) is 26.8 Å². The summed E-state index contributed by atoms with van der Waals surface area (Å²) in [5, 5.41) is 6.65. The van der Waals surface area contributed by atoms with Crippen molar-refractivity contribution in [3.63, 3.8) is 0 Å². The van der Waals surface area contributed by atoms with Gasteiger partial charge in [0.1, 0.15) is 11.5 Å². The van der Waals surface area contributed by atoms with Crippen molar-refractivity contribution in [1.82, 2.24) is 10.6 Å². The third-order valence-electron chi connectivity index (χ3n) is 4.54. The Hall–Kier alpha value is -1.29. The van der Waals surface area contributed by atoms with E-state index in [0.29, 0.717) is 12.1 Å². The van der Waals surface area contributed by atoms with Gasteiger partial charge in [0, 0.05) is 17.6 Å². The molecule has 2 aliphatic rings. The van der Waals surface area contributed by atoms with E-state index in [1.54, 1.807) is 0 Å². The van der Waals surface area contributed by atoms with Gasteiger partial charge in [-0.25, -0.2) is 0 Å². The standard InChI is InChI=1S/C15H22N2O2/c1-8-6-12(10(3)19-8)9(2)16-15(18)13-7-11-4-5-14(13)17-11/h6,9,11,13-14,17H,4-5,7H2,1-3H3,(H,16,18). The van der Waals surface area contributed by atoms with E-state index in [9.17, 15) is 4.79 Å². The lowest BCUT2D eigenvalue weighted by Crippen LogP contribution is -2.38. The maximum absolute atomic E-state index is 12.4. The molecule has 0 aliphatic carbocycles. The lowest BCUT2D eigenvalue weighted by atomic mass is 9.88. The zero-order valence-electron chi connectivity index (χ0n) is 11.8. The molecule has 0 spiro atoms. The van der Waals surface area contributed by atoms with Gasteiger partial charge in [0.2, 0.25) is 5.91 Å². The van der Waals surface area contributed by atoms with E-state index in [2.05, 4.69) is 10.6 Å². The smallest absolute Gasteiger partial charge is 0.225 e. The number of aryl methyl sites for hydroxylation is 2. The summed E-state index contributed by atoms with van der Waals surface area (Å²) in [4.78, 5) is 12.4. The molecule has 19 heavy (non-hydrogen) atoms. The van der Waals surface area contributed by atoms with Gasteiger partial charge in [0.15, 0.2) is 0 Å². The summed E-state index contributed by atoms with van der Waals surface area (Å²) in [6.07, 6.45) is 3.36. The molecular weight excluding hydrogens is 240 g/mol. The first-order valence-electron chi connectivity index (χ1n) is 7.18. The molecular formula is C15H22N2O2. The molecule has 2 fully saturated rings. The fraction of sp³-hybridized carbons (Fsp3) is 0.667. The highest BCUT2D eigenvalue weighted by atomic mass is 16.3. The largest absolute Gasteiger partial charge is 0.466 e. The third-order valence-corrected chi connectivity index (χ3v) is 4.54. The molecule has 0 saturated carbocycles. The van der Waals surface area contributed by atoms with E-state index >= 15 is 0 Å². The van der Waals surface area contributed by atoms with Gasteiger partial charge in [0.25, 0.3) is 0 Å². The Morgan fingerprint density at radius 3 is 2.79 bits per heavy atom. The molecule has 3 heterocycles. The Bertz CT molecular complexity index is 494. The SMILES string of the molecule is Cc1cc(C(C)NC(=O)C2CC3CCC2N3)c(C)o1. The summed E-state index contributed by atoms with van der Waals surface area (Å²) in [7, 11) is 0. The summed E-state index contributed by atoms with van der Waals surface area (Å²) in [5.74, 6) is 2.13. The van der Waals surface area contributed by atoms with Gasteiger partial charge in [-0.2, -0.15) is 0 Å². The van der Waals surface area contributed by atoms with Crippen LogP contribution in [0.1, 0.15) is 49.3 Å². The van der Waals surface area contributed by atoms with Crippen LogP contribution in [0.25, 0.3) is 0 Å². The molecule has 2 N–H and O–H groups in total. The van der Waals surface area contributed by atoms with Crippen LogP contribution in [0, 0.1) is 19.8 Å². The number of fused-ring (bicyclic) bond motifs is 2. The molecule has 4 nitrogen and oxygen atoms in total. The fourth-order valence-corrected chi connectivity index (χ4v) is 3.59. The molecule has 4 unspecified atom stereocenters. The second-order valence-corrected chi connectivity index (χ2v) is 5.99. The molecule has 4 heteroatoms. The molecule has 4 atom stereocenters. The van der Waals surface area contributed by atoms with E-state index < -0.39 is 0 Å². The number of rotatable bonds is 3. The molecule has 1 aromatic heterocycles. The molecule has 3 rings (SSSR count). The molecule has 104 valence electrons. The summed E-state index contributed by atoms with van der Waals surface area (Å²) in [6.45, 7) is 5.91. The molecule has 2 aliphatic heterocycles. The first-order valence-corrected chi connectivity index (χ1v) is 7.18. The van der Waals surface area contributed by atoms with Crippen molar-refractivity contribution in [1.29, 1.82) is 0 Å². The quantitative estimate of drug-likeness (QED) is 0.878. The minimum absolute atomic E-state index is 0.0177. The van der Waals surface area contributed by atoms with Crippen LogP contribution in [0.15, 0.2) is 10.5 Å². The van der Waals surface area contributed by atoms with Gasteiger partial charge in [-0.1, -0.05) is 0 Å². The molecule has 1 aromatic rings. The van der Waals surface area contributed by atoms with Gasteiger partial charge in [-0.3, -0.25) is 4.79 Å². The monoisotopic (exact) mass is 262 g/mol. The highest BCUT2D eigenvalue weighted by Crippen LogP contribution is 2.33. The average Bonchev–Trinajstić information content (AvgIpc) is 3.03. The predicted octanol–water partition coefficient (Wildman–Crippen LogP) is 2.21. The zero-order valence-corrected chi connectivity index (χ0v) is 11.8. The van der Waals surface area contributed by atoms with Crippen molar-refractivity contribution in [2.75, 3.05) is 0 Å². The van der Waals surface area contributed by atoms with Crippen LogP contribution in [-0.4, -0.2) is 18.0 Å². The van der Waals surface area contributed by atoms with Crippen LogP contribution >= 0.6 is 0 Å². The maximum Gasteiger partial charge on any atom is 0.225 e. The van der Waals surface area contributed by atoms with Crippen molar-refractivity contribution >= 4 is 5.91 Å². The number of hydrogen-bond acceptors (Lipinski definition) is 3. The number of carbonyl (C=O) groups excluding carboxylic acids is 1. The van der Waals surface area contributed by atoms with E-state index in [0.717, 1.165) is 29.9 Å². The molecule has 2 saturated heterocycles. The zero-order chi connectivity index (χ0) is 13.6. The lowest BCUT2D eigenvalue weighted by molar-refractivity contribution is -0.126. The number of amides is 1. The van der Waals surface area contributed by atoms with Gasteiger partial charge in [-0.05, 0) is 46.1 Å². The molecule has 0 radical (unpaired) electrons. The molecule has 1 amide bonds. The van der Waals surface area contributed by atoms with Gasteiger partial charge < -0.3 is 15.1 Å². The van der Waals surface area contributed by atoms with Crippen molar-refractivity contribution in [2.45, 2.75) is 58.2 Å². The first-order chi connectivity index (χ1) is 9.04. The summed E-state index contributed by atoms with van der Waals surface area (Å²) >= 11 is 0. The Morgan fingerprint density at radius 1 is 1.47 bits per heavy atom. The first kappa shape index (κ1) is 12.7.